The first-order chi connectivity index (χ1) is 39.4. The molecular weight excluding hydrogens is 998 g/mol. The second-order valence-electron chi connectivity index (χ2n) is 26.4. The molecule has 0 atom stereocenters. The number of fused-ring (bicyclic) bond motifs is 10. The smallest absolute Gasteiger partial charge is 0.333 e. The number of hydrogen-bond acceptors (Lipinski definition) is 5. The van der Waals surface area contributed by atoms with Crippen molar-refractivity contribution in [2.75, 3.05) is 14.6 Å². The molecule has 0 radical (unpaired) electrons. The molecule has 402 valence electrons. The van der Waals surface area contributed by atoms with E-state index in [4.69, 9.17) is 9.47 Å². The summed E-state index contributed by atoms with van der Waals surface area (Å²) in [5.41, 5.74) is 26.3. The predicted octanol–water partition coefficient (Wildman–Crippen LogP) is 19.7. The van der Waals surface area contributed by atoms with Crippen molar-refractivity contribution in [2.45, 2.75) is 104 Å². The van der Waals surface area contributed by atoms with Crippen LogP contribution in [0.3, 0.4) is 0 Å². The summed E-state index contributed by atoms with van der Waals surface area (Å²) in [4.78, 5) is 7.77. The van der Waals surface area contributed by atoms with E-state index in [0.29, 0.717) is 23.0 Å². The lowest BCUT2D eigenvalue weighted by Crippen LogP contribution is -2.61. The molecule has 0 spiro atoms. The van der Waals surface area contributed by atoms with Gasteiger partial charge in [0.2, 0.25) is 0 Å². The number of para-hydroxylation sites is 4. The molecule has 0 fully saturated rings. The van der Waals surface area contributed by atoms with E-state index in [-0.39, 0.29) is 28.5 Å². The molecule has 5 nitrogen and oxygen atoms in total. The van der Waals surface area contributed by atoms with Crippen molar-refractivity contribution >= 4 is 63.3 Å². The third-order valence-electron chi connectivity index (χ3n) is 19.0. The molecule has 0 unspecified atom stereocenters. The van der Waals surface area contributed by atoms with Crippen molar-refractivity contribution in [3.05, 3.63) is 240 Å². The van der Waals surface area contributed by atoms with Crippen LogP contribution in [0.4, 0.5) is 45.5 Å². The van der Waals surface area contributed by atoms with Crippen molar-refractivity contribution in [2.24, 2.45) is 0 Å². The fraction of sp³-hybridized carbons (Fsp3) is 0.211. The van der Waals surface area contributed by atoms with Crippen LogP contribution in [-0.4, -0.2) is 6.85 Å². The van der Waals surface area contributed by atoms with Crippen molar-refractivity contribution in [3.63, 3.8) is 0 Å². The fourth-order valence-electron chi connectivity index (χ4n) is 14.4. The van der Waals surface area contributed by atoms with E-state index in [0.717, 1.165) is 63.8 Å². The Morgan fingerprint density at radius 3 is 1.68 bits per heavy atom. The molecule has 3 aliphatic heterocycles. The van der Waals surface area contributed by atoms with Crippen molar-refractivity contribution in [1.82, 2.24) is 0 Å². The van der Waals surface area contributed by atoms with Gasteiger partial charge in [0, 0.05) is 68.1 Å². The van der Waals surface area contributed by atoms with Gasteiger partial charge in [0.15, 0.2) is 23.0 Å². The monoisotopic (exact) mass is 1070 g/mol. The molecule has 10 aromatic carbocycles. The zero-order valence-corrected chi connectivity index (χ0v) is 48.8. The molecule has 0 bridgehead atoms. The molecule has 0 N–H and O–H groups in total. The highest BCUT2D eigenvalue weighted by molar-refractivity contribution is 6.93. The molecule has 0 saturated carbocycles. The van der Waals surface area contributed by atoms with Crippen LogP contribution in [-0.2, 0) is 21.7 Å². The van der Waals surface area contributed by atoms with Gasteiger partial charge >= 0.3 is 6.85 Å². The summed E-state index contributed by atoms with van der Waals surface area (Å²) in [6.45, 7) is 23.5. The number of aryl methyl sites for hydroxylation is 1. The lowest BCUT2D eigenvalue weighted by Gasteiger charge is -2.48. The van der Waals surface area contributed by atoms with Crippen molar-refractivity contribution in [3.8, 4) is 56.4 Å². The summed E-state index contributed by atoms with van der Waals surface area (Å²) in [5.74, 6) is 2.80. The van der Waals surface area contributed by atoms with Gasteiger partial charge < -0.3 is 24.1 Å². The maximum atomic E-state index is 7.02. The Labute approximate surface area is 484 Å². The molecule has 6 heteroatoms. The minimum absolute atomic E-state index is 0.0263. The van der Waals surface area contributed by atoms with E-state index in [9.17, 15) is 0 Å². The van der Waals surface area contributed by atoms with Gasteiger partial charge in [0.1, 0.15) is 0 Å². The molecule has 5 aliphatic rings. The van der Waals surface area contributed by atoms with Gasteiger partial charge in [-0.15, -0.1) is 0 Å². The van der Waals surface area contributed by atoms with Gasteiger partial charge in [0.05, 0.1) is 0 Å². The molecule has 82 heavy (non-hydrogen) atoms. The number of anilines is 8. The van der Waals surface area contributed by atoms with Crippen LogP contribution in [0, 0.1) is 6.92 Å². The van der Waals surface area contributed by atoms with Crippen molar-refractivity contribution < 1.29 is 9.47 Å². The first-order valence-electron chi connectivity index (χ1n) is 29.4. The van der Waals surface area contributed by atoms with Crippen LogP contribution in [0.25, 0.3) is 33.4 Å². The third kappa shape index (κ3) is 7.59. The van der Waals surface area contributed by atoms with Gasteiger partial charge in [-0.25, -0.2) is 0 Å². The zero-order chi connectivity index (χ0) is 56.2. The summed E-state index contributed by atoms with van der Waals surface area (Å²) in [7, 11) is 0. The maximum Gasteiger partial charge on any atom is 0.333 e. The van der Waals surface area contributed by atoms with E-state index in [1.54, 1.807) is 0 Å². The number of rotatable bonds is 6. The maximum absolute atomic E-state index is 7.02. The Morgan fingerprint density at radius 2 is 1.02 bits per heavy atom. The Kier molecular flexibility index (Phi) is 11.0. The van der Waals surface area contributed by atoms with E-state index >= 15 is 0 Å². The van der Waals surface area contributed by atoms with Gasteiger partial charge in [-0.3, -0.25) is 0 Å². The van der Waals surface area contributed by atoms with E-state index in [2.05, 4.69) is 266 Å². The minimum atomic E-state index is -0.343. The molecule has 10 aromatic rings. The van der Waals surface area contributed by atoms with Crippen LogP contribution < -0.4 is 35.0 Å². The summed E-state index contributed by atoms with van der Waals surface area (Å²) in [5, 5.41) is 0. The highest BCUT2D eigenvalue weighted by Crippen LogP contribution is 2.59. The number of ether oxygens (including phenoxy) is 2. The highest BCUT2D eigenvalue weighted by atomic mass is 16.6. The Hall–Kier alpha value is -8.74. The van der Waals surface area contributed by atoms with Crippen LogP contribution in [0.5, 0.6) is 23.0 Å². The lowest BCUT2D eigenvalue weighted by atomic mass is 9.43. The first-order valence-corrected chi connectivity index (χ1v) is 29.4. The van der Waals surface area contributed by atoms with Gasteiger partial charge in [-0.1, -0.05) is 178 Å². The summed E-state index contributed by atoms with van der Waals surface area (Å²) in [6, 6.07) is 77.0. The van der Waals surface area contributed by atoms with E-state index in [1.807, 2.05) is 24.3 Å². The molecular formula is C76H68BN3O2. The second kappa shape index (κ2) is 17.9. The lowest BCUT2D eigenvalue weighted by molar-refractivity contribution is 0.332. The van der Waals surface area contributed by atoms with E-state index < -0.39 is 0 Å². The second-order valence-corrected chi connectivity index (χ2v) is 26.4. The summed E-state index contributed by atoms with van der Waals surface area (Å²) in [6.07, 6.45) is 2.24. The Balaban J connectivity index is 1.12. The zero-order valence-electron chi connectivity index (χ0n) is 48.8. The number of nitrogens with zero attached hydrogens (tertiary/aromatic N) is 3. The topological polar surface area (TPSA) is 28.2 Å². The molecule has 0 aromatic heterocycles. The molecule has 0 amide bonds. The van der Waals surface area contributed by atoms with E-state index in [1.165, 1.54) is 72.2 Å². The summed E-state index contributed by atoms with van der Waals surface area (Å²) < 4.78 is 14.0. The number of hydrogen-bond donors (Lipinski definition) is 0. The molecule has 2 aliphatic carbocycles. The Morgan fingerprint density at radius 1 is 0.427 bits per heavy atom. The average molecular weight is 1070 g/mol. The molecule has 15 rings (SSSR count). The average Bonchev–Trinajstić information content (AvgIpc) is 1.07. The van der Waals surface area contributed by atoms with Gasteiger partial charge in [0.25, 0.3) is 0 Å². The number of benzene rings is 10. The quantitative estimate of drug-likeness (QED) is 0.155. The normalized spacial score (nSPS) is 16.0. The molecule has 3 heterocycles. The largest absolute Gasteiger partial charge is 0.450 e. The summed E-state index contributed by atoms with van der Waals surface area (Å²) >= 11 is 0. The van der Waals surface area contributed by atoms with Gasteiger partial charge in [-0.05, 0) is 187 Å². The van der Waals surface area contributed by atoms with Crippen molar-refractivity contribution in [1.29, 1.82) is 0 Å². The third-order valence-corrected chi connectivity index (χ3v) is 19.0. The van der Waals surface area contributed by atoms with Crippen LogP contribution in [0.2, 0.25) is 0 Å². The predicted molar refractivity (Wildman–Crippen MR) is 343 cm³/mol. The van der Waals surface area contributed by atoms with Gasteiger partial charge in [-0.2, -0.15) is 0 Å². The Bertz CT molecular complexity index is 4230. The van der Waals surface area contributed by atoms with Crippen LogP contribution in [0.1, 0.15) is 109 Å². The van der Waals surface area contributed by atoms with Crippen LogP contribution in [0.15, 0.2) is 206 Å². The SMILES string of the molecule is Cc1cc2c(cc1N1c3cc4c(cc3B3c5c(cc(N(c6ccccc6)c6ccccc6)cc51)-c1cc5c(cc1N3c1ccc(C(C)(C)C)cc1-c1ccccc1)-c1ccccc1C5(C)C)Oc1ccccc1O4)C(C)(C)CCC2(C)C. The minimum Gasteiger partial charge on any atom is -0.450 e. The van der Waals surface area contributed by atoms with Crippen LogP contribution >= 0.6 is 0 Å². The standard InChI is InChI=1S/C76H68BN3O2/c1-47-38-60-61(75(7,8)37-36-74(60,5)6)44-64(47)79-66-46-71-70(81-68-32-22-23-33-69(68)82-71)45-62(66)77-72-57(40-52(41-67(72)79)78(50-26-16-12-17-27-50)51-28-18-13-19-29-51)56-42-59-55(53-30-20-21-31-58(53)76(59,9)10)43-65(56)80(77)63-35-34-49(73(2,3)4)39-54(63)48-24-14-11-15-25-48/h11-35,38-46H,36-37H2,1-10H3. The fourth-order valence-corrected chi connectivity index (χ4v) is 14.4. The molecule has 0 saturated heterocycles. The highest BCUT2D eigenvalue weighted by Gasteiger charge is 2.49. The first kappa shape index (κ1) is 50.2.